The third-order valence-electron chi connectivity index (χ3n) is 4.35. The molecular formula is C18H28N2O2. The molecule has 2 rings (SSSR count). The molecule has 0 aromatic heterocycles. The van der Waals surface area contributed by atoms with Gasteiger partial charge in [-0.15, -0.1) is 0 Å². The molecule has 0 N–H and O–H groups in total. The Hall–Kier alpha value is -1.55. The summed E-state index contributed by atoms with van der Waals surface area (Å²) in [7, 11) is 1.98. The lowest BCUT2D eigenvalue weighted by molar-refractivity contribution is -0.135. The highest BCUT2D eigenvalue weighted by Crippen LogP contribution is 2.17. The lowest BCUT2D eigenvalue weighted by atomic mass is 10.0. The Labute approximate surface area is 134 Å². The van der Waals surface area contributed by atoms with Crippen molar-refractivity contribution in [2.24, 2.45) is 0 Å². The maximum absolute atomic E-state index is 12.3. The van der Waals surface area contributed by atoms with Gasteiger partial charge in [0, 0.05) is 19.1 Å². The topological polar surface area (TPSA) is 32.8 Å². The molecular weight excluding hydrogens is 276 g/mol. The Morgan fingerprint density at radius 2 is 2.14 bits per heavy atom. The number of hydrogen-bond acceptors (Lipinski definition) is 3. The van der Waals surface area contributed by atoms with E-state index in [1.807, 2.05) is 48.0 Å². The first-order valence-electron chi connectivity index (χ1n) is 8.24. The maximum atomic E-state index is 12.3. The molecule has 0 saturated carbocycles. The Bertz CT molecular complexity index is 490. The van der Waals surface area contributed by atoms with Crippen LogP contribution in [0.25, 0.3) is 0 Å². The maximum Gasteiger partial charge on any atom is 0.236 e. The largest absolute Gasteiger partial charge is 0.492 e. The van der Waals surface area contributed by atoms with Gasteiger partial charge in [0.2, 0.25) is 5.91 Å². The molecule has 0 bridgehead atoms. The van der Waals surface area contributed by atoms with E-state index in [4.69, 9.17) is 4.74 Å². The van der Waals surface area contributed by atoms with Gasteiger partial charge in [0.25, 0.3) is 0 Å². The van der Waals surface area contributed by atoms with Gasteiger partial charge in [-0.05, 0) is 51.8 Å². The van der Waals surface area contributed by atoms with Crippen LogP contribution >= 0.6 is 0 Å². The first-order valence-corrected chi connectivity index (χ1v) is 8.24. The second kappa shape index (κ2) is 8.18. The second-order valence-corrected chi connectivity index (χ2v) is 6.28. The molecule has 1 aliphatic rings. The zero-order chi connectivity index (χ0) is 15.9. The van der Waals surface area contributed by atoms with Crippen LogP contribution in [0.3, 0.4) is 0 Å². The van der Waals surface area contributed by atoms with Gasteiger partial charge in [-0.1, -0.05) is 18.2 Å². The molecule has 122 valence electrons. The van der Waals surface area contributed by atoms with Gasteiger partial charge in [0.1, 0.15) is 12.4 Å². The van der Waals surface area contributed by atoms with Crippen LogP contribution in [0.5, 0.6) is 5.75 Å². The number of aryl methyl sites for hydroxylation is 1. The number of ether oxygens (including phenoxy) is 1. The van der Waals surface area contributed by atoms with Gasteiger partial charge >= 0.3 is 0 Å². The molecule has 1 atom stereocenters. The molecule has 0 aliphatic carbocycles. The summed E-state index contributed by atoms with van der Waals surface area (Å²) in [5.74, 6) is 1.16. The van der Waals surface area contributed by atoms with Gasteiger partial charge in [-0.2, -0.15) is 0 Å². The number of nitrogens with zero attached hydrogens (tertiary/aromatic N) is 2. The molecule has 1 aliphatic heterocycles. The molecule has 22 heavy (non-hydrogen) atoms. The summed E-state index contributed by atoms with van der Waals surface area (Å²) < 4.78 is 5.79. The van der Waals surface area contributed by atoms with Crippen LogP contribution in [0.4, 0.5) is 0 Å². The fourth-order valence-corrected chi connectivity index (χ4v) is 2.90. The average molecular weight is 304 g/mol. The van der Waals surface area contributed by atoms with Crippen LogP contribution in [0.15, 0.2) is 24.3 Å². The van der Waals surface area contributed by atoms with Crippen LogP contribution in [-0.4, -0.2) is 55.0 Å². The highest BCUT2D eigenvalue weighted by Gasteiger charge is 2.23. The zero-order valence-corrected chi connectivity index (χ0v) is 14.0. The normalized spacial score (nSPS) is 18.5. The fraction of sp³-hybridized carbons (Fsp3) is 0.611. The third-order valence-corrected chi connectivity index (χ3v) is 4.35. The first kappa shape index (κ1) is 16.8. The van der Waals surface area contributed by atoms with Crippen molar-refractivity contribution < 1.29 is 9.53 Å². The Kier molecular flexibility index (Phi) is 6.25. The van der Waals surface area contributed by atoms with Crippen LogP contribution < -0.4 is 4.74 Å². The number of benzene rings is 1. The van der Waals surface area contributed by atoms with Crippen molar-refractivity contribution >= 4 is 5.91 Å². The number of carbonyl (C=O) groups excluding carboxylic acids is 1. The van der Waals surface area contributed by atoms with E-state index in [1.165, 1.54) is 6.42 Å². The van der Waals surface area contributed by atoms with Crippen LogP contribution in [-0.2, 0) is 4.79 Å². The van der Waals surface area contributed by atoms with Crippen molar-refractivity contribution in [3.8, 4) is 5.75 Å². The zero-order valence-electron chi connectivity index (χ0n) is 14.0. The summed E-state index contributed by atoms with van der Waals surface area (Å²) in [6, 6.07) is 8.40. The molecule has 4 nitrogen and oxygen atoms in total. The number of amides is 1. The third kappa shape index (κ3) is 4.73. The molecule has 1 aromatic carbocycles. The summed E-state index contributed by atoms with van der Waals surface area (Å²) in [5, 5.41) is 0. The monoisotopic (exact) mass is 304 g/mol. The van der Waals surface area contributed by atoms with E-state index in [-0.39, 0.29) is 5.91 Å². The SMILES string of the molecule is Cc1ccccc1OCCN(C)CC(=O)N1CCCCC1C. The minimum absolute atomic E-state index is 0.241. The van der Waals surface area contributed by atoms with Gasteiger partial charge < -0.3 is 9.64 Å². The van der Waals surface area contributed by atoms with Crippen LogP contribution in [0.1, 0.15) is 31.7 Å². The minimum atomic E-state index is 0.241. The summed E-state index contributed by atoms with van der Waals surface area (Å²) in [6.07, 6.45) is 3.51. The van der Waals surface area contributed by atoms with Crippen molar-refractivity contribution in [3.05, 3.63) is 29.8 Å². The van der Waals surface area contributed by atoms with Crippen molar-refractivity contribution in [1.82, 2.24) is 9.80 Å². The predicted octanol–water partition coefficient (Wildman–Crippen LogP) is 2.71. The molecule has 1 heterocycles. The molecule has 1 amide bonds. The van der Waals surface area contributed by atoms with Gasteiger partial charge in [-0.3, -0.25) is 9.69 Å². The van der Waals surface area contributed by atoms with E-state index in [0.29, 0.717) is 19.2 Å². The Balaban J connectivity index is 1.72. The van der Waals surface area contributed by atoms with E-state index in [9.17, 15) is 4.79 Å². The molecule has 1 unspecified atom stereocenters. The molecule has 1 aromatic rings. The minimum Gasteiger partial charge on any atom is -0.492 e. The van der Waals surface area contributed by atoms with Crippen LogP contribution in [0, 0.1) is 6.92 Å². The number of carbonyl (C=O) groups is 1. The first-order chi connectivity index (χ1) is 10.6. The number of piperidine rings is 1. The Morgan fingerprint density at radius 1 is 1.36 bits per heavy atom. The summed E-state index contributed by atoms with van der Waals surface area (Å²) >= 11 is 0. The molecule has 4 heteroatoms. The van der Waals surface area contributed by atoms with E-state index in [1.54, 1.807) is 0 Å². The lowest BCUT2D eigenvalue weighted by Crippen LogP contribution is -2.46. The number of para-hydroxylation sites is 1. The van der Waals surface area contributed by atoms with E-state index in [2.05, 4.69) is 6.92 Å². The molecule has 1 saturated heterocycles. The van der Waals surface area contributed by atoms with E-state index in [0.717, 1.165) is 37.2 Å². The summed E-state index contributed by atoms with van der Waals surface area (Å²) in [5.41, 5.74) is 1.14. The van der Waals surface area contributed by atoms with Crippen LogP contribution in [0.2, 0.25) is 0 Å². The Morgan fingerprint density at radius 3 is 2.86 bits per heavy atom. The predicted molar refractivity (Wildman–Crippen MR) is 89.2 cm³/mol. The molecule has 1 fully saturated rings. The van der Waals surface area contributed by atoms with Crippen molar-refractivity contribution in [2.45, 2.75) is 39.2 Å². The summed E-state index contributed by atoms with van der Waals surface area (Å²) in [4.78, 5) is 16.4. The lowest BCUT2D eigenvalue weighted by Gasteiger charge is -2.34. The molecule has 0 spiro atoms. The highest BCUT2D eigenvalue weighted by atomic mass is 16.5. The second-order valence-electron chi connectivity index (χ2n) is 6.28. The quantitative estimate of drug-likeness (QED) is 0.810. The van der Waals surface area contributed by atoms with Crippen molar-refractivity contribution in [3.63, 3.8) is 0 Å². The number of likely N-dealkylation sites (N-methyl/N-ethyl adjacent to an activating group) is 1. The number of likely N-dealkylation sites (tertiary alicyclic amines) is 1. The van der Waals surface area contributed by atoms with E-state index >= 15 is 0 Å². The van der Waals surface area contributed by atoms with Gasteiger partial charge in [0.05, 0.1) is 6.54 Å². The smallest absolute Gasteiger partial charge is 0.236 e. The molecule has 0 radical (unpaired) electrons. The van der Waals surface area contributed by atoms with Gasteiger partial charge in [-0.25, -0.2) is 0 Å². The van der Waals surface area contributed by atoms with Crippen molar-refractivity contribution in [2.75, 3.05) is 33.3 Å². The fourth-order valence-electron chi connectivity index (χ4n) is 2.90. The van der Waals surface area contributed by atoms with Gasteiger partial charge in [0.15, 0.2) is 0 Å². The summed E-state index contributed by atoms with van der Waals surface area (Å²) in [6.45, 7) is 6.93. The number of hydrogen-bond donors (Lipinski definition) is 0. The van der Waals surface area contributed by atoms with Crippen molar-refractivity contribution in [1.29, 1.82) is 0 Å². The average Bonchev–Trinajstić information content (AvgIpc) is 2.49. The standard InChI is InChI=1S/C18H28N2O2/c1-15-8-4-5-10-17(15)22-13-12-19(3)14-18(21)20-11-7-6-9-16(20)2/h4-5,8,10,16H,6-7,9,11-14H2,1-3H3. The van der Waals surface area contributed by atoms with E-state index < -0.39 is 0 Å². The highest BCUT2D eigenvalue weighted by molar-refractivity contribution is 5.78. The number of rotatable bonds is 6.